The third-order valence-corrected chi connectivity index (χ3v) is 5.11. The van der Waals surface area contributed by atoms with Crippen LogP contribution in [0.2, 0.25) is 0 Å². The number of nitriles is 1. The zero-order valence-electron chi connectivity index (χ0n) is 13.2. The third-order valence-electron chi connectivity index (χ3n) is 4.62. The van der Waals surface area contributed by atoms with Gasteiger partial charge in [-0.25, -0.2) is 9.50 Å². The van der Waals surface area contributed by atoms with Crippen LogP contribution in [0.3, 0.4) is 0 Å². The Balaban J connectivity index is 1.83. The van der Waals surface area contributed by atoms with Gasteiger partial charge >= 0.3 is 0 Å². The number of hydrogen-bond donors (Lipinski definition) is 2. The van der Waals surface area contributed by atoms with E-state index in [1.54, 1.807) is 6.20 Å². The summed E-state index contributed by atoms with van der Waals surface area (Å²) in [5, 5.41) is 16.1. The number of aromatic nitrogens is 3. The van der Waals surface area contributed by atoms with E-state index in [4.69, 9.17) is 4.98 Å². The summed E-state index contributed by atoms with van der Waals surface area (Å²) in [6.45, 7) is 0. The molecule has 2 N–H and O–H groups in total. The molecule has 1 aliphatic carbocycles. The van der Waals surface area contributed by atoms with Crippen LogP contribution in [0.5, 0.6) is 0 Å². The van der Waals surface area contributed by atoms with Crippen molar-refractivity contribution < 1.29 is 0 Å². The Labute approximate surface area is 148 Å². The van der Waals surface area contributed by atoms with Gasteiger partial charge in [-0.2, -0.15) is 5.26 Å². The lowest BCUT2D eigenvalue weighted by atomic mass is 9.95. The number of aromatic amines is 1. The molecule has 0 aliphatic heterocycles. The van der Waals surface area contributed by atoms with Gasteiger partial charge in [0.15, 0.2) is 11.5 Å². The Kier molecular flexibility index (Phi) is 4.03. The number of nitrogens with zero attached hydrogens (tertiary/aromatic N) is 3. The van der Waals surface area contributed by atoms with Crippen molar-refractivity contribution in [3.05, 3.63) is 40.5 Å². The average molecular weight is 384 g/mol. The molecular weight excluding hydrogens is 366 g/mol. The van der Waals surface area contributed by atoms with Crippen molar-refractivity contribution in [1.82, 2.24) is 14.6 Å². The van der Waals surface area contributed by atoms with Crippen molar-refractivity contribution in [2.24, 2.45) is 0 Å². The summed E-state index contributed by atoms with van der Waals surface area (Å²) in [6.07, 6.45) is 7.91. The molecule has 122 valence electrons. The van der Waals surface area contributed by atoms with E-state index in [1.165, 1.54) is 32.1 Å². The highest BCUT2D eigenvalue weighted by Crippen LogP contribution is 2.33. The SMILES string of the molecule is N#Cc1c[nH]n2c(NC3CCCCC3)c(-c3cccc(Br)c3)nc12. The zero-order valence-corrected chi connectivity index (χ0v) is 14.8. The number of benzene rings is 1. The lowest BCUT2D eigenvalue weighted by Gasteiger charge is -2.23. The minimum atomic E-state index is 0.457. The molecule has 1 fully saturated rings. The van der Waals surface area contributed by atoms with Crippen molar-refractivity contribution in [3.63, 3.8) is 0 Å². The minimum absolute atomic E-state index is 0.457. The molecular formula is C18H18BrN5. The first-order valence-corrected chi connectivity index (χ1v) is 9.08. The van der Waals surface area contributed by atoms with Crippen molar-refractivity contribution in [1.29, 1.82) is 5.26 Å². The standard InChI is InChI=1S/C18H18BrN5/c19-14-6-4-5-12(9-14)16-18(22-15-7-2-1-3-8-15)24-17(23-16)13(10-20)11-21-24/h4-6,9,11,15,21-22H,1-3,7-8H2. The Morgan fingerprint density at radius 3 is 2.88 bits per heavy atom. The molecule has 0 bridgehead atoms. The Morgan fingerprint density at radius 2 is 2.12 bits per heavy atom. The van der Waals surface area contributed by atoms with Gasteiger partial charge in [0.2, 0.25) is 0 Å². The summed E-state index contributed by atoms with van der Waals surface area (Å²) in [5.41, 5.74) is 3.14. The summed E-state index contributed by atoms with van der Waals surface area (Å²) in [5.74, 6) is 0.941. The summed E-state index contributed by atoms with van der Waals surface area (Å²) < 4.78 is 2.91. The van der Waals surface area contributed by atoms with Gasteiger partial charge in [-0.1, -0.05) is 47.3 Å². The molecule has 1 aromatic carbocycles. The van der Waals surface area contributed by atoms with Crippen LogP contribution in [0.25, 0.3) is 16.9 Å². The highest BCUT2D eigenvalue weighted by molar-refractivity contribution is 9.10. The van der Waals surface area contributed by atoms with E-state index < -0.39 is 0 Å². The number of nitrogens with one attached hydrogen (secondary N) is 2. The molecule has 5 nitrogen and oxygen atoms in total. The van der Waals surface area contributed by atoms with Crippen LogP contribution in [-0.4, -0.2) is 20.6 Å². The molecule has 24 heavy (non-hydrogen) atoms. The number of fused-ring (bicyclic) bond motifs is 1. The summed E-state index contributed by atoms with van der Waals surface area (Å²) in [4.78, 5) is 4.75. The highest BCUT2D eigenvalue weighted by Gasteiger charge is 2.21. The first kappa shape index (κ1) is 15.3. The fourth-order valence-corrected chi connectivity index (χ4v) is 3.81. The maximum absolute atomic E-state index is 9.31. The van der Waals surface area contributed by atoms with Crippen LogP contribution < -0.4 is 5.32 Å². The van der Waals surface area contributed by atoms with E-state index >= 15 is 0 Å². The Hall–Kier alpha value is -2.26. The molecule has 0 spiro atoms. The molecule has 0 unspecified atom stereocenters. The molecule has 3 aromatic rings. The van der Waals surface area contributed by atoms with Crippen LogP contribution in [-0.2, 0) is 0 Å². The number of H-pyrrole nitrogens is 1. The Morgan fingerprint density at radius 1 is 1.29 bits per heavy atom. The normalized spacial score (nSPS) is 15.5. The second-order valence-electron chi connectivity index (χ2n) is 6.26. The van der Waals surface area contributed by atoms with E-state index in [-0.39, 0.29) is 0 Å². The van der Waals surface area contributed by atoms with Gasteiger partial charge in [0.1, 0.15) is 17.3 Å². The molecule has 2 aromatic heterocycles. The molecule has 1 aliphatic rings. The van der Waals surface area contributed by atoms with Gasteiger partial charge in [-0.05, 0) is 25.0 Å². The molecule has 1 saturated carbocycles. The van der Waals surface area contributed by atoms with E-state index in [0.29, 0.717) is 17.3 Å². The van der Waals surface area contributed by atoms with Gasteiger partial charge in [0.05, 0.1) is 0 Å². The lowest BCUT2D eigenvalue weighted by molar-refractivity contribution is 0.461. The maximum Gasteiger partial charge on any atom is 0.173 e. The number of hydrogen-bond acceptors (Lipinski definition) is 3. The molecule has 4 rings (SSSR count). The van der Waals surface area contributed by atoms with Crippen LogP contribution in [0.1, 0.15) is 37.7 Å². The lowest BCUT2D eigenvalue weighted by Crippen LogP contribution is -2.23. The van der Waals surface area contributed by atoms with Crippen molar-refractivity contribution >= 4 is 27.4 Å². The molecule has 6 heteroatoms. The minimum Gasteiger partial charge on any atom is -0.365 e. The predicted molar refractivity (Wildman–Crippen MR) is 97.9 cm³/mol. The van der Waals surface area contributed by atoms with E-state index in [2.05, 4.69) is 38.5 Å². The molecule has 0 atom stereocenters. The molecule has 0 amide bonds. The van der Waals surface area contributed by atoms with Gasteiger partial charge in [-0.15, -0.1) is 0 Å². The topological polar surface area (TPSA) is 68.9 Å². The second kappa shape index (κ2) is 6.33. The maximum atomic E-state index is 9.31. The monoisotopic (exact) mass is 383 g/mol. The van der Waals surface area contributed by atoms with Crippen molar-refractivity contribution in [2.75, 3.05) is 5.32 Å². The van der Waals surface area contributed by atoms with Gasteiger partial charge in [0, 0.05) is 22.3 Å². The smallest absolute Gasteiger partial charge is 0.173 e. The average Bonchev–Trinajstić information content (AvgIpc) is 3.16. The van der Waals surface area contributed by atoms with Gasteiger partial charge in [0.25, 0.3) is 0 Å². The van der Waals surface area contributed by atoms with Crippen LogP contribution >= 0.6 is 15.9 Å². The van der Waals surface area contributed by atoms with Gasteiger partial charge < -0.3 is 5.32 Å². The van der Waals surface area contributed by atoms with Crippen molar-refractivity contribution in [2.45, 2.75) is 38.1 Å². The molecule has 0 radical (unpaired) electrons. The van der Waals surface area contributed by atoms with Crippen molar-refractivity contribution in [3.8, 4) is 17.3 Å². The van der Waals surface area contributed by atoms with Gasteiger partial charge in [-0.3, -0.25) is 5.10 Å². The first-order valence-electron chi connectivity index (χ1n) is 8.28. The Bertz CT molecular complexity index is 911. The van der Waals surface area contributed by atoms with E-state index in [0.717, 1.165) is 21.5 Å². The quantitative estimate of drug-likeness (QED) is 0.687. The first-order chi connectivity index (χ1) is 11.8. The molecule has 2 heterocycles. The van der Waals surface area contributed by atoms with E-state index in [9.17, 15) is 5.26 Å². The zero-order chi connectivity index (χ0) is 16.5. The highest BCUT2D eigenvalue weighted by atomic mass is 79.9. The van der Waals surface area contributed by atoms with Crippen LogP contribution in [0, 0.1) is 11.3 Å². The summed E-state index contributed by atoms with van der Waals surface area (Å²) in [6, 6.07) is 10.8. The predicted octanol–water partition coefficient (Wildman–Crippen LogP) is 4.71. The largest absolute Gasteiger partial charge is 0.365 e. The molecule has 0 saturated heterocycles. The number of imidazole rings is 1. The van der Waals surface area contributed by atoms with E-state index in [1.807, 2.05) is 22.7 Å². The summed E-state index contributed by atoms with van der Waals surface area (Å²) >= 11 is 3.53. The fourth-order valence-electron chi connectivity index (χ4n) is 3.41. The second-order valence-corrected chi connectivity index (χ2v) is 7.17. The number of halogens is 1. The van der Waals surface area contributed by atoms with Crippen LogP contribution in [0.15, 0.2) is 34.9 Å². The number of anilines is 1. The summed E-state index contributed by atoms with van der Waals surface area (Å²) in [7, 11) is 0. The fraction of sp³-hybridized carbons (Fsp3) is 0.333. The van der Waals surface area contributed by atoms with Crippen LogP contribution in [0.4, 0.5) is 5.82 Å². The number of rotatable bonds is 3. The third kappa shape index (κ3) is 2.69.